The molecule has 7 heteroatoms. The monoisotopic (exact) mass is 413 g/mol. The van der Waals surface area contributed by atoms with Gasteiger partial charge in [0.05, 0.1) is 10.6 Å². The largest absolute Gasteiger partial charge is 0.459 e. The van der Waals surface area contributed by atoms with E-state index in [2.05, 4.69) is 5.32 Å². The summed E-state index contributed by atoms with van der Waals surface area (Å²) in [5, 5.41) is 3.80. The molecule has 1 atom stereocenters. The van der Waals surface area contributed by atoms with Crippen molar-refractivity contribution in [2.24, 2.45) is 5.92 Å². The maximum absolute atomic E-state index is 12.5. The Morgan fingerprint density at radius 2 is 1.54 bits per heavy atom. The lowest BCUT2D eigenvalue weighted by atomic mass is 10.0. The van der Waals surface area contributed by atoms with E-state index < -0.39 is 17.9 Å². The van der Waals surface area contributed by atoms with Gasteiger partial charge in [0.1, 0.15) is 12.6 Å². The van der Waals surface area contributed by atoms with Crippen LogP contribution in [0.3, 0.4) is 0 Å². The highest BCUT2D eigenvalue weighted by Crippen LogP contribution is 2.25. The second-order valence-corrected chi connectivity index (χ2v) is 7.20. The van der Waals surface area contributed by atoms with Crippen LogP contribution in [0, 0.1) is 5.92 Å². The number of carbonyl (C=O) groups is 2. The molecule has 2 aromatic carbocycles. The first-order chi connectivity index (χ1) is 12.3. The Bertz CT molecular complexity index is 788. The third kappa shape index (κ3) is 5.13. The Balaban J connectivity index is 2.08. The fourth-order valence-corrected chi connectivity index (χ4v) is 2.99. The van der Waals surface area contributed by atoms with Gasteiger partial charge in [0.15, 0.2) is 0 Å². The van der Waals surface area contributed by atoms with E-state index in [1.807, 2.05) is 0 Å². The summed E-state index contributed by atoms with van der Waals surface area (Å²) in [7, 11) is 0. The van der Waals surface area contributed by atoms with Crippen molar-refractivity contribution in [3.8, 4) is 0 Å². The molecule has 1 amide bonds. The van der Waals surface area contributed by atoms with Crippen molar-refractivity contribution < 1.29 is 14.3 Å². The summed E-state index contributed by atoms with van der Waals surface area (Å²) in [5.74, 6) is -1.20. The number of hydrogen-bond acceptors (Lipinski definition) is 3. The Morgan fingerprint density at radius 1 is 0.962 bits per heavy atom. The highest BCUT2D eigenvalue weighted by Gasteiger charge is 2.27. The lowest BCUT2D eigenvalue weighted by Crippen LogP contribution is -2.45. The number of rotatable bonds is 6. The van der Waals surface area contributed by atoms with E-state index in [1.54, 1.807) is 56.3 Å². The molecule has 0 unspecified atom stereocenters. The number of hydrogen-bond donors (Lipinski definition) is 1. The van der Waals surface area contributed by atoms with Crippen LogP contribution < -0.4 is 5.32 Å². The number of nitrogens with one attached hydrogen (secondary N) is 1. The van der Waals surface area contributed by atoms with Gasteiger partial charge in [-0.3, -0.25) is 4.79 Å². The normalized spacial score (nSPS) is 11.9. The van der Waals surface area contributed by atoms with Gasteiger partial charge < -0.3 is 10.1 Å². The van der Waals surface area contributed by atoms with Gasteiger partial charge in [-0.25, -0.2) is 4.79 Å². The first kappa shape index (κ1) is 20.6. The summed E-state index contributed by atoms with van der Waals surface area (Å²) >= 11 is 18.2. The fraction of sp³-hybridized carbons (Fsp3) is 0.263. The predicted octanol–water partition coefficient (Wildman–Crippen LogP) is 5.14. The minimum atomic E-state index is -0.833. The van der Waals surface area contributed by atoms with Crippen molar-refractivity contribution >= 4 is 46.7 Å². The number of ether oxygens (including phenoxy) is 1. The number of carbonyl (C=O) groups excluding carboxylic acids is 2. The van der Waals surface area contributed by atoms with Crippen LogP contribution in [0.5, 0.6) is 0 Å². The van der Waals surface area contributed by atoms with Crippen molar-refractivity contribution in [2.45, 2.75) is 26.5 Å². The molecular formula is C19H18Cl3NO3. The quantitative estimate of drug-likeness (QED) is 0.665. The van der Waals surface area contributed by atoms with Gasteiger partial charge in [-0.15, -0.1) is 0 Å². The Labute approximate surface area is 167 Å². The SMILES string of the molecule is CC(C)[C@H](NC(=O)c1ccccc1Cl)C(=O)OCc1c(Cl)cccc1Cl. The zero-order valence-electron chi connectivity index (χ0n) is 14.3. The van der Waals surface area contributed by atoms with E-state index in [4.69, 9.17) is 39.5 Å². The number of amides is 1. The second kappa shape index (κ2) is 9.26. The van der Waals surface area contributed by atoms with Crippen LogP contribution in [0.4, 0.5) is 0 Å². The van der Waals surface area contributed by atoms with Gasteiger partial charge >= 0.3 is 5.97 Å². The first-order valence-corrected chi connectivity index (χ1v) is 9.09. The van der Waals surface area contributed by atoms with Gasteiger partial charge in [0.2, 0.25) is 0 Å². The van der Waals surface area contributed by atoms with Crippen molar-refractivity contribution in [3.05, 3.63) is 68.7 Å². The van der Waals surface area contributed by atoms with Crippen LogP contribution in [0.25, 0.3) is 0 Å². The average molecular weight is 415 g/mol. The summed E-state index contributed by atoms with van der Waals surface area (Å²) in [6.07, 6.45) is 0. The standard InChI is InChI=1S/C19H18Cl3NO3/c1-11(2)17(23-18(24)12-6-3-4-7-14(12)20)19(25)26-10-13-15(21)8-5-9-16(13)22/h3-9,11,17H,10H2,1-2H3,(H,23,24)/t17-/m0/s1. The van der Waals surface area contributed by atoms with Crippen LogP contribution in [0.15, 0.2) is 42.5 Å². The smallest absolute Gasteiger partial charge is 0.329 e. The Kier molecular flexibility index (Phi) is 7.33. The maximum atomic E-state index is 12.5. The van der Waals surface area contributed by atoms with Gasteiger partial charge in [-0.2, -0.15) is 0 Å². The lowest BCUT2D eigenvalue weighted by molar-refractivity contribution is -0.148. The topological polar surface area (TPSA) is 55.4 Å². The molecule has 0 saturated carbocycles. The van der Waals surface area contributed by atoms with Gasteiger partial charge in [-0.05, 0) is 30.2 Å². The van der Waals surface area contributed by atoms with Crippen molar-refractivity contribution in [3.63, 3.8) is 0 Å². The molecule has 4 nitrogen and oxygen atoms in total. The van der Waals surface area contributed by atoms with Crippen LogP contribution in [-0.2, 0) is 16.1 Å². The van der Waals surface area contributed by atoms with Gasteiger partial charge in [0, 0.05) is 15.6 Å². The minimum absolute atomic E-state index is 0.0808. The zero-order valence-corrected chi connectivity index (χ0v) is 16.5. The molecule has 0 bridgehead atoms. The maximum Gasteiger partial charge on any atom is 0.329 e. The minimum Gasteiger partial charge on any atom is -0.459 e. The molecular weight excluding hydrogens is 397 g/mol. The van der Waals surface area contributed by atoms with Crippen LogP contribution in [0.1, 0.15) is 29.8 Å². The molecule has 0 aliphatic carbocycles. The van der Waals surface area contributed by atoms with Crippen LogP contribution >= 0.6 is 34.8 Å². The molecule has 2 aromatic rings. The molecule has 0 aromatic heterocycles. The molecule has 138 valence electrons. The third-order valence-corrected chi connectivity index (χ3v) is 4.78. The Morgan fingerprint density at radius 3 is 2.12 bits per heavy atom. The van der Waals surface area contributed by atoms with Crippen LogP contribution in [0.2, 0.25) is 15.1 Å². The van der Waals surface area contributed by atoms with E-state index in [-0.39, 0.29) is 12.5 Å². The third-order valence-electron chi connectivity index (χ3n) is 3.75. The number of esters is 1. The number of halogens is 3. The van der Waals surface area contributed by atoms with Gasteiger partial charge in [0.25, 0.3) is 5.91 Å². The van der Waals surface area contributed by atoms with E-state index >= 15 is 0 Å². The molecule has 0 aliphatic rings. The number of benzene rings is 2. The highest BCUT2D eigenvalue weighted by atomic mass is 35.5. The lowest BCUT2D eigenvalue weighted by Gasteiger charge is -2.21. The summed E-state index contributed by atoms with van der Waals surface area (Å²) < 4.78 is 5.32. The molecule has 0 heterocycles. The predicted molar refractivity (Wildman–Crippen MR) is 104 cm³/mol. The summed E-state index contributed by atoms with van der Waals surface area (Å²) in [6.45, 7) is 3.53. The summed E-state index contributed by atoms with van der Waals surface area (Å²) in [4.78, 5) is 24.9. The van der Waals surface area contributed by atoms with Gasteiger partial charge in [-0.1, -0.05) is 66.8 Å². The summed E-state index contributed by atoms with van der Waals surface area (Å²) in [6, 6.07) is 10.8. The van der Waals surface area contributed by atoms with Crippen molar-refractivity contribution in [1.82, 2.24) is 5.32 Å². The molecule has 0 spiro atoms. The molecule has 2 rings (SSSR count). The van der Waals surface area contributed by atoms with E-state index in [9.17, 15) is 9.59 Å². The molecule has 1 N–H and O–H groups in total. The summed E-state index contributed by atoms with van der Waals surface area (Å²) in [5.41, 5.74) is 0.811. The van der Waals surface area contributed by atoms with E-state index in [0.717, 1.165) is 0 Å². The molecule has 26 heavy (non-hydrogen) atoms. The molecule has 0 fully saturated rings. The molecule has 0 saturated heterocycles. The molecule has 0 aliphatic heterocycles. The zero-order chi connectivity index (χ0) is 19.3. The second-order valence-electron chi connectivity index (χ2n) is 5.98. The highest BCUT2D eigenvalue weighted by molar-refractivity contribution is 6.36. The Hall–Kier alpha value is -1.75. The average Bonchev–Trinajstić information content (AvgIpc) is 2.59. The molecule has 0 radical (unpaired) electrons. The van der Waals surface area contributed by atoms with E-state index in [0.29, 0.717) is 26.2 Å². The van der Waals surface area contributed by atoms with Crippen molar-refractivity contribution in [2.75, 3.05) is 0 Å². The van der Waals surface area contributed by atoms with Crippen molar-refractivity contribution in [1.29, 1.82) is 0 Å². The fourth-order valence-electron chi connectivity index (χ4n) is 2.27. The van der Waals surface area contributed by atoms with Crippen LogP contribution in [-0.4, -0.2) is 17.9 Å². The van der Waals surface area contributed by atoms with E-state index in [1.165, 1.54) is 0 Å². The first-order valence-electron chi connectivity index (χ1n) is 7.96.